The summed E-state index contributed by atoms with van der Waals surface area (Å²) in [6.45, 7) is 11.6. The van der Waals surface area contributed by atoms with Crippen LogP contribution in [0.4, 0.5) is 0 Å². The molecule has 0 aliphatic rings. The Morgan fingerprint density at radius 3 is 2.63 bits per heavy atom. The van der Waals surface area contributed by atoms with E-state index in [-0.39, 0.29) is 0 Å². The van der Waals surface area contributed by atoms with E-state index >= 15 is 0 Å². The van der Waals surface area contributed by atoms with Gasteiger partial charge in [0.05, 0.1) is 0 Å². The molecule has 0 fully saturated rings. The topological polar surface area (TPSA) is 24.5 Å². The first-order chi connectivity index (χ1) is 9.30. The lowest BCUT2D eigenvalue weighted by Gasteiger charge is -2.18. The molecule has 0 saturated heterocycles. The number of rotatable bonds is 10. The first-order valence-corrected chi connectivity index (χ1v) is 6.60. The van der Waals surface area contributed by atoms with E-state index in [1.807, 2.05) is 31.3 Å². The maximum absolute atomic E-state index is 5.78. The zero-order valence-corrected chi connectivity index (χ0v) is 11.8. The van der Waals surface area contributed by atoms with Crippen molar-refractivity contribution in [2.45, 2.75) is 6.54 Å². The Hall–Kier alpha value is -1.58. The first kappa shape index (κ1) is 15.5. The van der Waals surface area contributed by atoms with Crippen LogP contribution in [0.25, 0.3) is 0 Å². The molecular formula is C16H24N2O. The number of nitrogens with one attached hydrogen (secondary N) is 1. The molecule has 0 bridgehead atoms. The van der Waals surface area contributed by atoms with E-state index in [1.165, 1.54) is 5.56 Å². The van der Waals surface area contributed by atoms with Crippen molar-refractivity contribution in [3.63, 3.8) is 0 Å². The summed E-state index contributed by atoms with van der Waals surface area (Å²) in [6, 6.07) is 8.17. The van der Waals surface area contributed by atoms with Gasteiger partial charge in [-0.3, -0.25) is 4.90 Å². The van der Waals surface area contributed by atoms with Gasteiger partial charge >= 0.3 is 0 Å². The van der Waals surface area contributed by atoms with E-state index in [1.54, 1.807) is 0 Å². The Labute approximate surface area is 116 Å². The van der Waals surface area contributed by atoms with Crippen LogP contribution in [-0.2, 0) is 6.54 Å². The van der Waals surface area contributed by atoms with Crippen molar-refractivity contribution in [2.24, 2.45) is 0 Å². The Kier molecular flexibility index (Phi) is 7.63. The van der Waals surface area contributed by atoms with Crippen LogP contribution in [0.3, 0.4) is 0 Å². The van der Waals surface area contributed by atoms with Crippen LogP contribution in [0.5, 0.6) is 5.75 Å². The second-order valence-electron chi connectivity index (χ2n) is 4.36. The van der Waals surface area contributed by atoms with E-state index < -0.39 is 0 Å². The number of nitrogens with zero attached hydrogens (tertiary/aromatic N) is 1. The van der Waals surface area contributed by atoms with Crippen LogP contribution in [0.15, 0.2) is 49.6 Å². The van der Waals surface area contributed by atoms with Crippen molar-refractivity contribution < 1.29 is 4.74 Å². The van der Waals surface area contributed by atoms with Gasteiger partial charge in [-0.2, -0.15) is 0 Å². The quantitative estimate of drug-likeness (QED) is 0.654. The third-order valence-corrected chi connectivity index (χ3v) is 2.73. The van der Waals surface area contributed by atoms with Gasteiger partial charge in [-0.25, -0.2) is 0 Å². The summed E-state index contributed by atoms with van der Waals surface area (Å²) in [4.78, 5) is 2.23. The molecule has 1 N–H and O–H groups in total. The molecule has 1 aromatic rings. The summed E-state index contributed by atoms with van der Waals surface area (Å²) in [5.41, 5.74) is 1.23. The predicted octanol–water partition coefficient (Wildman–Crippen LogP) is 2.46. The minimum absolute atomic E-state index is 0.671. The molecule has 0 aliphatic heterocycles. The molecule has 0 atom stereocenters. The highest BCUT2D eigenvalue weighted by Gasteiger charge is 2.01. The zero-order chi connectivity index (χ0) is 13.9. The highest BCUT2D eigenvalue weighted by atomic mass is 16.5. The summed E-state index contributed by atoms with van der Waals surface area (Å²) in [5.74, 6) is 0.921. The van der Waals surface area contributed by atoms with Crippen molar-refractivity contribution in [1.29, 1.82) is 0 Å². The van der Waals surface area contributed by atoms with Crippen LogP contribution in [-0.4, -0.2) is 38.2 Å². The average molecular weight is 260 g/mol. The van der Waals surface area contributed by atoms with Gasteiger partial charge in [-0.1, -0.05) is 24.3 Å². The third-order valence-electron chi connectivity index (χ3n) is 2.73. The maximum atomic E-state index is 5.78. The summed E-state index contributed by atoms with van der Waals surface area (Å²) in [5, 5.41) is 3.13. The van der Waals surface area contributed by atoms with Crippen molar-refractivity contribution >= 4 is 0 Å². The summed E-state index contributed by atoms with van der Waals surface area (Å²) >= 11 is 0. The molecule has 0 aromatic heterocycles. The molecule has 1 aromatic carbocycles. The Bertz CT molecular complexity index is 380. The van der Waals surface area contributed by atoms with Crippen molar-refractivity contribution in [1.82, 2.24) is 10.2 Å². The van der Waals surface area contributed by atoms with Crippen LogP contribution >= 0.6 is 0 Å². The third kappa shape index (κ3) is 6.22. The minimum atomic E-state index is 0.671. The second kappa shape index (κ2) is 9.36. The van der Waals surface area contributed by atoms with Gasteiger partial charge in [0.15, 0.2) is 0 Å². The normalized spacial score (nSPS) is 10.4. The molecular weight excluding hydrogens is 236 g/mol. The van der Waals surface area contributed by atoms with Crippen molar-refractivity contribution in [2.75, 3.05) is 33.3 Å². The summed E-state index contributed by atoms with van der Waals surface area (Å²) in [7, 11) is 1.94. The van der Waals surface area contributed by atoms with E-state index in [4.69, 9.17) is 4.74 Å². The molecule has 1 rings (SSSR count). The lowest BCUT2D eigenvalue weighted by Crippen LogP contribution is -2.28. The van der Waals surface area contributed by atoms with Gasteiger partial charge < -0.3 is 10.1 Å². The lowest BCUT2D eigenvalue weighted by molar-refractivity contribution is 0.236. The molecule has 0 heterocycles. The SMILES string of the molecule is C=CCN(CC=C)CCOc1cccc(CNC)c1. The van der Waals surface area contributed by atoms with Crippen molar-refractivity contribution in [3.05, 3.63) is 55.1 Å². The number of ether oxygens (including phenoxy) is 1. The average Bonchev–Trinajstić information content (AvgIpc) is 2.40. The van der Waals surface area contributed by atoms with Gasteiger partial charge in [-0.05, 0) is 24.7 Å². The molecule has 0 spiro atoms. The lowest BCUT2D eigenvalue weighted by atomic mass is 10.2. The largest absolute Gasteiger partial charge is 0.492 e. The first-order valence-electron chi connectivity index (χ1n) is 6.60. The zero-order valence-electron chi connectivity index (χ0n) is 11.8. The number of hydrogen-bond donors (Lipinski definition) is 1. The Morgan fingerprint density at radius 1 is 1.26 bits per heavy atom. The van der Waals surface area contributed by atoms with Crippen molar-refractivity contribution in [3.8, 4) is 5.75 Å². The van der Waals surface area contributed by atoms with Gasteiger partial charge in [-0.15, -0.1) is 13.2 Å². The molecule has 104 valence electrons. The van der Waals surface area contributed by atoms with E-state index in [0.29, 0.717) is 6.61 Å². The molecule has 0 amide bonds. The fourth-order valence-corrected chi connectivity index (χ4v) is 1.86. The fourth-order valence-electron chi connectivity index (χ4n) is 1.86. The van der Waals surface area contributed by atoms with Gasteiger partial charge in [0.1, 0.15) is 12.4 Å². The highest BCUT2D eigenvalue weighted by Crippen LogP contribution is 2.13. The van der Waals surface area contributed by atoms with E-state index in [9.17, 15) is 0 Å². The number of hydrogen-bond acceptors (Lipinski definition) is 3. The van der Waals surface area contributed by atoms with Gasteiger partial charge in [0.25, 0.3) is 0 Å². The molecule has 19 heavy (non-hydrogen) atoms. The van der Waals surface area contributed by atoms with Gasteiger partial charge in [0.2, 0.25) is 0 Å². The molecule has 0 aliphatic carbocycles. The Balaban J connectivity index is 2.40. The molecule has 0 saturated carbocycles. The number of benzene rings is 1. The van der Waals surface area contributed by atoms with Crippen LogP contribution in [0.2, 0.25) is 0 Å². The standard InChI is InChI=1S/C16H24N2O/c1-4-9-18(10-5-2)11-12-19-16-8-6-7-15(13-16)14-17-3/h4-8,13,17H,1-2,9-12,14H2,3H3. The van der Waals surface area contributed by atoms with Crippen LogP contribution < -0.4 is 10.1 Å². The Morgan fingerprint density at radius 2 is 2.00 bits per heavy atom. The van der Waals surface area contributed by atoms with Gasteiger partial charge in [0, 0.05) is 26.2 Å². The fraction of sp³-hybridized carbons (Fsp3) is 0.375. The maximum Gasteiger partial charge on any atom is 0.119 e. The van der Waals surface area contributed by atoms with Crippen LogP contribution in [0.1, 0.15) is 5.56 Å². The molecule has 3 nitrogen and oxygen atoms in total. The van der Waals surface area contributed by atoms with E-state index in [0.717, 1.165) is 31.9 Å². The molecule has 0 radical (unpaired) electrons. The van der Waals surface area contributed by atoms with E-state index in [2.05, 4.69) is 35.5 Å². The summed E-state index contributed by atoms with van der Waals surface area (Å²) in [6.07, 6.45) is 3.80. The second-order valence-corrected chi connectivity index (χ2v) is 4.36. The smallest absolute Gasteiger partial charge is 0.119 e. The van der Waals surface area contributed by atoms with Crippen LogP contribution in [0, 0.1) is 0 Å². The monoisotopic (exact) mass is 260 g/mol. The minimum Gasteiger partial charge on any atom is -0.492 e. The molecule has 3 heteroatoms. The molecule has 0 unspecified atom stereocenters. The highest BCUT2D eigenvalue weighted by molar-refractivity contribution is 5.28. The predicted molar refractivity (Wildman–Crippen MR) is 81.5 cm³/mol. The summed E-state index contributed by atoms with van der Waals surface area (Å²) < 4.78 is 5.78.